The van der Waals surface area contributed by atoms with E-state index in [2.05, 4.69) is 11.6 Å². The van der Waals surface area contributed by atoms with Crippen molar-refractivity contribution >= 4 is 44.9 Å². The summed E-state index contributed by atoms with van der Waals surface area (Å²) in [6.07, 6.45) is 1.81. The Kier molecular flexibility index (Phi) is 5.16. The molecule has 1 aliphatic carbocycles. The lowest BCUT2D eigenvalue weighted by atomic mass is 10.1. The number of anilines is 2. The number of carbonyl (C=O) groups is 2. The Morgan fingerprint density at radius 3 is 2.41 bits per heavy atom. The lowest BCUT2D eigenvalue weighted by molar-refractivity contribution is -0.119. The van der Waals surface area contributed by atoms with Gasteiger partial charge in [0.15, 0.2) is 5.78 Å². The molecule has 152 valence electrons. The van der Waals surface area contributed by atoms with Crippen LogP contribution >= 0.6 is 11.8 Å². The third-order valence-electron chi connectivity index (χ3n) is 5.04. The number of Topliss-reactive ketones (excluding diaryl/α,β-unsaturated/α-hetero) is 1. The van der Waals surface area contributed by atoms with Crippen molar-refractivity contribution < 1.29 is 18.0 Å². The van der Waals surface area contributed by atoms with E-state index in [-0.39, 0.29) is 27.8 Å². The van der Waals surface area contributed by atoms with Crippen LogP contribution in [0.15, 0.2) is 52.3 Å². The molecule has 1 fully saturated rings. The van der Waals surface area contributed by atoms with Gasteiger partial charge in [-0.3, -0.25) is 14.3 Å². The number of sulfonamides is 1. The van der Waals surface area contributed by atoms with E-state index >= 15 is 0 Å². The maximum Gasteiger partial charge on any atom is 0.261 e. The second-order valence-electron chi connectivity index (χ2n) is 7.52. The number of nitrogens with zero attached hydrogens (tertiary/aromatic N) is 1. The van der Waals surface area contributed by atoms with Gasteiger partial charge in [-0.15, -0.1) is 11.8 Å². The Balaban J connectivity index is 1.63. The fourth-order valence-corrected chi connectivity index (χ4v) is 5.50. The smallest absolute Gasteiger partial charge is 0.261 e. The van der Waals surface area contributed by atoms with Crippen LogP contribution in [0.1, 0.15) is 37.0 Å². The van der Waals surface area contributed by atoms with E-state index in [1.165, 1.54) is 6.92 Å². The van der Waals surface area contributed by atoms with Crippen molar-refractivity contribution in [1.82, 2.24) is 0 Å². The summed E-state index contributed by atoms with van der Waals surface area (Å²) in [5.74, 6) is 0.0679. The first kappa shape index (κ1) is 20.0. The van der Waals surface area contributed by atoms with Crippen molar-refractivity contribution in [2.75, 3.05) is 16.2 Å². The molecule has 0 radical (unpaired) electrons. The average molecular weight is 431 g/mol. The summed E-state index contributed by atoms with van der Waals surface area (Å²) in [5, 5.41) is 0.255. The van der Waals surface area contributed by atoms with E-state index in [4.69, 9.17) is 0 Å². The minimum Gasteiger partial charge on any atom is -0.310 e. The molecule has 29 heavy (non-hydrogen) atoms. The second-order valence-corrected chi connectivity index (χ2v) is 10.7. The molecule has 1 aliphatic heterocycles. The summed E-state index contributed by atoms with van der Waals surface area (Å²) in [7, 11) is -3.83. The highest BCUT2D eigenvalue weighted by Crippen LogP contribution is 2.42. The van der Waals surface area contributed by atoms with Crippen LogP contribution in [0.25, 0.3) is 0 Å². The van der Waals surface area contributed by atoms with Gasteiger partial charge in [0.1, 0.15) is 0 Å². The van der Waals surface area contributed by atoms with Gasteiger partial charge in [-0.25, -0.2) is 8.42 Å². The number of amides is 1. The Labute approximate surface area is 174 Å². The second kappa shape index (κ2) is 7.50. The third-order valence-corrected chi connectivity index (χ3v) is 7.57. The average Bonchev–Trinajstić information content (AvgIpc) is 3.51. The largest absolute Gasteiger partial charge is 0.310 e. The van der Waals surface area contributed by atoms with Gasteiger partial charge in [-0.1, -0.05) is 6.92 Å². The fraction of sp³-hybridized carbons (Fsp3) is 0.333. The number of hydrogen-bond donors (Lipinski definition) is 1. The molecule has 0 bridgehead atoms. The summed E-state index contributed by atoms with van der Waals surface area (Å²) in [5.41, 5.74) is 1.56. The molecule has 2 aliphatic rings. The maximum absolute atomic E-state index is 12.9. The van der Waals surface area contributed by atoms with Gasteiger partial charge in [0.2, 0.25) is 5.91 Å². The number of hydrogen-bond acceptors (Lipinski definition) is 5. The molecule has 2 aromatic carbocycles. The number of carbonyl (C=O) groups excluding carboxylic acids is 2. The number of fused-ring (bicyclic) bond motifs is 1. The van der Waals surface area contributed by atoms with Gasteiger partial charge >= 0.3 is 0 Å². The van der Waals surface area contributed by atoms with Gasteiger partial charge in [-0.05, 0) is 62.2 Å². The topological polar surface area (TPSA) is 83.6 Å². The van der Waals surface area contributed by atoms with Gasteiger partial charge < -0.3 is 4.90 Å². The summed E-state index contributed by atoms with van der Waals surface area (Å²) in [4.78, 5) is 26.9. The normalized spacial score (nSPS) is 18.8. The number of nitrogens with one attached hydrogen (secondary N) is 1. The van der Waals surface area contributed by atoms with Gasteiger partial charge in [-0.2, -0.15) is 0 Å². The molecule has 0 spiro atoms. The van der Waals surface area contributed by atoms with Crippen LogP contribution in [0, 0.1) is 5.92 Å². The molecular formula is C21H22N2O4S2. The van der Waals surface area contributed by atoms with Crippen LogP contribution in [0.3, 0.4) is 0 Å². The zero-order valence-corrected chi connectivity index (χ0v) is 17.8. The van der Waals surface area contributed by atoms with Crippen molar-refractivity contribution in [1.29, 1.82) is 0 Å². The minimum absolute atomic E-state index is 0.0660. The predicted molar refractivity (Wildman–Crippen MR) is 114 cm³/mol. The number of rotatable bonds is 5. The van der Waals surface area contributed by atoms with E-state index in [1.54, 1.807) is 59.1 Å². The van der Waals surface area contributed by atoms with Gasteiger partial charge in [0, 0.05) is 33.9 Å². The van der Waals surface area contributed by atoms with Crippen molar-refractivity contribution in [3.05, 3.63) is 48.0 Å². The molecule has 0 unspecified atom stereocenters. The highest BCUT2D eigenvalue weighted by Gasteiger charge is 2.37. The predicted octanol–water partition coefficient (Wildman–Crippen LogP) is 3.93. The third kappa shape index (κ3) is 4.18. The van der Waals surface area contributed by atoms with E-state index < -0.39 is 10.0 Å². The van der Waals surface area contributed by atoms with Crippen molar-refractivity contribution in [2.24, 2.45) is 5.92 Å². The van der Waals surface area contributed by atoms with Crippen LogP contribution in [0.4, 0.5) is 11.4 Å². The molecule has 1 atom stereocenters. The van der Waals surface area contributed by atoms with Crippen LogP contribution < -0.4 is 9.62 Å². The molecule has 0 saturated heterocycles. The van der Waals surface area contributed by atoms with Crippen LogP contribution in [-0.2, 0) is 14.8 Å². The van der Waals surface area contributed by atoms with Crippen molar-refractivity contribution in [3.63, 3.8) is 0 Å². The van der Waals surface area contributed by atoms with E-state index in [0.717, 1.165) is 17.7 Å². The maximum atomic E-state index is 12.9. The van der Waals surface area contributed by atoms with Crippen molar-refractivity contribution in [2.45, 2.75) is 41.7 Å². The molecule has 4 rings (SSSR count). The van der Waals surface area contributed by atoms with E-state index in [0.29, 0.717) is 23.5 Å². The molecule has 6 nitrogen and oxygen atoms in total. The molecule has 0 aromatic heterocycles. The number of ketones is 1. The molecular weight excluding hydrogens is 408 g/mol. The molecule has 1 amide bonds. The lowest BCUT2D eigenvalue weighted by Gasteiger charge is -2.33. The Hall–Kier alpha value is -2.32. The van der Waals surface area contributed by atoms with Gasteiger partial charge in [0.05, 0.1) is 10.6 Å². The number of benzene rings is 2. The first-order valence-corrected chi connectivity index (χ1v) is 11.9. The monoisotopic (exact) mass is 430 g/mol. The summed E-state index contributed by atoms with van der Waals surface area (Å²) in [6, 6.07) is 11.2. The zero-order valence-electron chi connectivity index (χ0n) is 16.2. The molecule has 1 saturated carbocycles. The Morgan fingerprint density at radius 1 is 1.10 bits per heavy atom. The van der Waals surface area contributed by atoms with E-state index in [1.807, 2.05) is 0 Å². The first-order valence-electron chi connectivity index (χ1n) is 9.50. The molecule has 8 heteroatoms. The molecule has 2 aromatic rings. The van der Waals surface area contributed by atoms with Crippen LogP contribution in [-0.4, -0.2) is 31.9 Å². The summed E-state index contributed by atoms with van der Waals surface area (Å²) >= 11 is 1.65. The Morgan fingerprint density at radius 2 is 1.79 bits per heavy atom. The molecule has 1 N–H and O–H groups in total. The van der Waals surface area contributed by atoms with Crippen LogP contribution in [0.2, 0.25) is 0 Å². The zero-order chi connectivity index (χ0) is 20.8. The van der Waals surface area contributed by atoms with Crippen molar-refractivity contribution in [3.8, 4) is 0 Å². The minimum atomic E-state index is -3.83. The highest BCUT2D eigenvalue weighted by atomic mass is 32.2. The quantitative estimate of drug-likeness (QED) is 0.727. The van der Waals surface area contributed by atoms with E-state index in [9.17, 15) is 18.0 Å². The summed E-state index contributed by atoms with van der Waals surface area (Å²) < 4.78 is 28.4. The highest BCUT2D eigenvalue weighted by molar-refractivity contribution is 8.00. The van der Waals surface area contributed by atoms with Gasteiger partial charge in [0.25, 0.3) is 10.0 Å². The lowest BCUT2D eigenvalue weighted by Crippen LogP contribution is -2.39. The molecule has 1 heterocycles. The number of thioether (sulfide) groups is 1. The standard InChI is InChI=1S/C21H22N2O4S2/c1-13-12-23(21(25)16-3-4-16)19-11-18(9-10-20(19)28-13)29(26,27)22-17-7-5-15(6-8-17)14(2)24/h5-11,13,16,22H,3-4,12H2,1-2H3/t13-/m0/s1. The first-order chi connectivity index (χ1) is 13.7. The summed E-state index contributed by atoms with van der Waals surface area (Å²) in [6.45, 7) is 4.11. The SMILES string of the molecule is CC(=O)c1ccc(NS(=O)(=O)c2ccc3c(c2)N(C(=O)C2CC2)C[C@H](C)S3)cc1. The van der Waals surface area contributed by atoms with Crippen LogP contribution in [0.5, 0.6) is 0 Å². The fourth-order valence-electron chi connectivity index (χ4n) is 3.33. The Bertz CT molecular complexity index is 1080.